The number of nitrogens with one attached hydrogen (secondary N) is 1. The van der Waals surface area contributed by atoms with Crippen LogP contribution in [-0.4, -0.2) is 21.1 Å². The molecule has 1 saturated carbocycles. The van der Waals surface area contributed by atoms with Crippen molar-refractivity contribution in [2.75, 3.05) is 11.9 Å². The normalized spacial score (nSPS) is 15.8. The largest absolute Gasteiger partial charge is 0.354 e. The third-order valence-electron chi connectivity index (χ3n) is 2.62. The van der Waals surface area contributed by atoms with Crippen LogP contribution in [0.3, 0.4) is 0 Å². The third kappa shape index (κ3) is 1.92. The van der Waals surface area contributed by atoms with Crippen molar-refractivity contribution in [1.82, 2.24) is 14.6 Å². The van der Waals surface area contributed by atoms with Gasteiger partial charge in [0.05, 0.1) is 0 Å². The molecule has 15 heavy (non-hydrogen) atoms. The zero-order chi connectivity index (χ0) is 10.3. The molecule has 0 spiro atoms. The Morgan fingerprint density at radius 3 is 3.13 bits per heavy atom. The topological polar surface area (TPSA) is 42.2 Å². The Morgan fingerprint density at radius 2 is 2.33 bits per heavy atom. The minimum atomic E-state index is 0.848. The lowest BCUT2D eigenvalue weighted by atomic mass is 10.4. The number of pyridine rings is 1. The highest BCUT2D eigenvalue weighted by Crippen LogP contribution is 2.28. The highest BCUT2D eigenvalue weighted by molar-refractivity contribution is 14.1. The van der Waals surface area contributed by atoms with Crippen molar-refractivity contribution in [2.45, 2.75) is 12.8 Å². The first-order chi connectivity index (χ1) is 7.33. The van der Waals surface area contributed by atoms with Crippen molar-refractivity contribution in [3.8, 4) is 0 Å². The van der Waals surface area contributed by atoms with Crippen molar-refractivity contribution in [1.29, 1.82) is 0 Å². The van der Waals surface area contributed by atoms with Crippen molar-refractivity contribution < 1.29 is 0 Å². The van der Waals surface area contributed by atoms with E-state index >= 15 is 0 Å². The lowest BCUT2D eigenvalue weighted by molar-refractivity contribution is 0.869. The molecule has 0 unspecified atom stereocenters. The van der Waals surface area contributed by atoms with Gasteiger partial charge in [0.25, 0.3) is 0 Å². The zero-order valence-electron chi connectivity index (χ0n) is 8.15. The first kappa shape index (κ1) is 9.38. The molecule has 2 aromatic heterocycles. The molecule has 78 valence electrons. The van der Waals surface area contributed by atoms with Crippen LogP contribution in [0.2, 0.25) is 0 Å². The summed E-state index contributed by atoms with van der Waals surface area (Å²) < 4.78 is 3.17. The van der Waals surface area contributed by atoms with Gasteiger partial charge in [0.15, 0.2) is 5.65 Å². The summed E-state index contributed by atoms with van der Waals surface area (Å²) >= 11 is 2.28. The summed E-state index contributed by atoms with van der Waals surface area (Å²) in [6, 6.07) is 4.08. The van der Waals surface area contributed by atoms with Gasteiger partial charge in [-0.05, 0) is 53.5 Å². The second-order valence-corrected chi connectivity index (χ2v) is 5.17. The maximum absolute atomic E-state index is 4.13. The molecule has 0 radical (unpaired) electrons. The van der Waals surface area contributed by atoms with Gasteiger partial charge >= 0.3 is 0 Å². The van der Waals surface area contributed by atoms with Gasteiger partial charge in [-0.3, -0.25) is 4.40 Å². The zero-order valence-corrected chi connectivity index (χ0v) is 10.3. The highest BCUT2D eigenvalue weighted by Gasteiger charge is 2.21. The van der Waals surface area contributed by atoms with E-state index in [0.717, 1.165) is 24.1 Å². The summed E-state index contributed by atoms with van der Waals surface area (Å²) in [4.78, 5) is 0. The maximum Gasteiger partial charge on any atom is 0.229 e. The van der Waals surface area contributed by atoms with Crippen LogP contribution in [-0.2, 0) is 0 Å². The number of halogens is 1. The Hall–Kier alpha value is -0.850. The number of hydrogen-bond donors (Lipinski definition) is 1. The molecule has 0 aromatic carbocycles. The molecule has 3 rings (SSSR count). The molecule has 1 aliphatic rings. The molecule has 5 heteroatoms. The van der Waals surface area contributed by atoms with E-state index in [1.54, 1.807) is 0 Å². The molecule has 2 aromatic rings. The molecule has 1 aliphatic carbocycles. The van der Waals surface area contributed by atoms with E-state index in [9.17, 15) is 0 Å². The van der Waals surface area contributed by atoms with Crippen LogP contribution in [0.1, 0.15) is 12.8 Å². The first-order valence-corrected chi connectivity index (χ1v) is 6.15. The highest BCUT2D eigenvalue weighted by atomic mass is 127. The van der Waals surface area contributed by atoms with Gasteiger partial charge < -0.3 is 5.32 Å². The molecule has 2 heterocycles. The fraction of sp³-hybridized carbons (Fsp3) is 0.400. The monoisotopic (exact) mass is 314 g/mol. The number of nitrogens with zero attached hydrogens (tertiary/aromatic N) is 3. The van der Waals surface area contributed by atoms with Gasteiger partial charge in [-0.1, -0.05) is 0 Å². The van der Waals surface area contributed by atoms with Crippen LogP contribution in [0.4, 0.5) is 5.95 Å². The van der Waals surface area contributed by atoms with Gasteiger partial charge in [-0.2, -0.15) is 0 Å². The van der Waals surface area contributed by atoms with Crippen LogP contribution in [0.25, 0.3) is 5.65 Å². The lowest BCUT2D eigenvalue weighted by Gasteiger charge is -2.02. The summed E-state index contributed by atoms with van der Waals surface area (Å²) in [6.07, 6.45) is 4.70. The Balaban J connectivity index is 1.89. The Labute approximate surface area is 101 Å². The number of rotatable bonds is 3. The van der Waals surface area contributed by atoms with Gasteiger partial charge in [0.2, 0.25) is 5.95 Å². The molecular formula is C10H11IN4. The molecule has 0 bridgehead atoms. The second kappa shape index (κ2) is 3.62. The molecule has 0 amide bonds. The molecule has 1 fully saturated rings. The third-order valence-corrected chi connectivity index (χ3v) is 3.29. The lowest BCUT2D eigenvalue weighted by Crippen LogP contribution is -2.06. The average Bonchev–Trinajstić information content (AvgIpc) is 2.97. The summed E-state index contributed by atoms with van der Waals surface area (Å²) in [5.41, 5.74) is 0.903. The van der Waals surface area contributed by atoms with Crippen LogP contribution in [0, 0.1) is 9.49 Å². The van der Waals surface area contributed by atoms with Crippen molar-refractivity contribution in [3.05, 3.63) is 21.9 Å². The standard InChI is InChI=1S/C10H11IN4/c11-8-3-4-15-9(5-8)13-14-10(15)12-6-7-1-2-7/h3-5,7H,1-2,6H2,(H,12,14). The number of aromatic nitrogens is 3. The number of hydrogen-bond acceptors (Lipinski definition) is 3. The van der Waals surface area contributed by atoms with E-state index in [-0.39, 0.29) is 0 Å². The molecule has 0 aliphatic heterocycles. The summed E-state index contributed by atoms with van der Waals surface area (Å²) in [5, 5.41) is 11.6. The minimum Gasteiger partial charge on any atom is -0.354 e. The van der Waals surface area contributed by atoms with E-state index in [4.69, 9.17) is 0 Å². The fourth-order valence-electron chi connectivity index (χ4n) is 1.54. The van der Waals surface area contributed by atoms with Crippen LogP contribution in [0.5, 0.6) is 0 Å². The molecule has 4 nitrogen and oxygen atoms in total. The van der Waals surface area contributed by atoms with Gasteiger partial charge in [0, 0.05) is 16.3 Å². The number of anilines is 1. The molecule has 1 N–H and O–H groups in total. The van der Waals surface area contributed by atoms with Crippen molar-refractivity contribution in [2.24, 2.45) is 5.92 Å². The summed E-state index contributed by atoms with van der Waals surface area (Å²) in [6.45, 7) is 1.02. The SMILES string of the molecule is Ic1ccn2c(NCC3CC3)nnc2c1. The van der Waals surface area contributed by atoms with Gasteiger partial charge in [0.1, 0.15) is 0 Å². The predicted octanol–water partition coefficient (Wildman–Crippen LogP) is 2.16. The van der Waals surface area contributed by atoms with Gasteiger partial charge in [-0.25, -0.2) is 0 Å². The maximum atomic E-state index is 4.13. The van der Waals surface area contributed by atoms with E-state index in [1.165, 1.54) is 16.4 Å². The van der Waals surface area contributed by atoms with Gasteiger partial charge in [-0.15, -0.1) is 10.2 Å². The first-order valence-electron chi connectivity index (χ1n) is 5.07. The van der Waals surface area contributed by atoms with Crippen LogP contribution < -0.4 is 5.32 Å². The predicted molar refractivity (Wildman–Crippen MR) is 66.9 cm³/mol. The minimum absolute atomic E-state index is 0.848. The molecular weight excluding hydrogens is 303 g/mol. The van der Waals surface area contributed by atoms with Crippen molar-refractivity contribution >= 4 is 34.2 Å². The van der Waals surface area contributed by atoms with E-state index in [0.29, 0.717) is 0 Å². The average molecular weight is 314 g/mol. The Kier molecular flexibility index (Phi) is 2.27. The van der Waals surface area contributed by atoms with Crippen molar-refractivity contribution in [3.63, 3.8) is 0 Å². The Morgan fingerprint density at radius 1 is 1.47 bits per heavy atom. The molecule has 0 atom stereocenters. The Bertz CT molecular complexity index is 489. The molecule has 0 saturated heterocycles. The van der Waals surface area contributed by atoms with E-state index in [1.807, 2.05) is 16.7 Å². The fourth-order valence-corrected chi connectivity index (χ4v) is 1.98. The van der Waals surface area contributed by atoms with E-state index < -0.39 is 0 Å². The van der Waals surface area contributed by atoms with Crippen LogP contribution in [0.15, 0.2) is 18.3 Å². The number of fused-ring (bicyclic) bond motifs is 1. The summed E-state index contributed by atoms with van der Waals surface area (Å²) in [7, 11) is 0. The van der Waals surface area contributed by atoms with E-state index in [2.05, 4.69) is 44.2 Å². The van der Waals surface area contributed by atoms with Crippen LogP contribution >= 0.6 is 22.6 Å². The second-order valence-electron chi connectivity index (χ2n) is 3.92. The quantitative estimate of drug-likeness (QED) is 0.883. The smallest absolute Gasteiger partial charge is 0.229 e. The summed E-state index contributed by atoms with van der Waals surface area (Å²) in [5.74, 6) is 1.70.